The molecule has 0 saturated heterocycles. The highest BCUT2D eigenvalue weighted by Gasteiger charge is 2.07. The number of hydrazone groups is 1. The highest BCUT2D eigenvalue weighted by atomic mass is 16.5. The van der Waals surface area contributed by atoms with Gasteiger partial charge in [-0.05, 0) is 25.1 Å². The molecule has 134 valence electrons. The quantitative estimate of drug-likeness (QED) is 0.544. The normalized spacial score (nSPS) is 11.0. The molecule has 1 N–H and O–H groups in total. The number of nitrogens with zero attached hydrogens (tertiary/aromatic N) is 2. The van der Waals surface area contributed by atoms with Crippen molar-refractivity contribution in [3.63, 3.8) is 0 Å². The number of nitrogens with one attached hydrogen (secondary N) is 1. The summed E-state index contributed by atoms with van der Waals surface area (Å²) in [6, 6.07) is 16.0. The van der Waals surface area contributed by atoms with Gasteiger partial charge < -0.3 is 14.0 Å². The third kappa shape index (κ3) is 4.22. The third-order valence-corrected chi connectivity index (χ3v) is 3.99. The molecular formula is C20H21N3O3. The number of rotatable bonds is 6. The Balaban J connectivity index is 1.71. The number of fused-ring (bicyclic) bond motifs is 1. The topological polar surface area (TPSA) is 64.8 Å². The fraction of sp³-hybridized carbons (Fsp3) is 0.200. The lowest BCUT2D eigenvalue weighted by Gasteiger charge is -2.08. The molecule has 6 heteroatoms. The lowest BCUT2D eigenvalue weighted by molar-refractivity contribution is 0.171. The molecule has 1 amide bonds. The molecule has 1 heterocycles. The number of aromatic nitrogens is 1. The molecule has 0 aliphatic rings. The minimum absolute atomic E-state index is 0.554. The summed E-state index contributed by atoms with van der Waals surface area (Å²) in [6.45, 7) is 3.30. The molecule has 1 aromatic heterocycles. The van der Waals surface area contributed by atoms with E-state index >= 15 is 0 Å². The van der Waals surface area contributed by atoms with E-state index in [2.05, 4.69) is 19.8 Å². The van der Waals surface area contributed by atoms with Crippen LogP contribution in [0.25, 0.3) is 10.9 Å². The van der Waals surface area contributed by atoms with Crippen LogP contribution in [-0.4, -0.2) is 30.6 Å². The average molecular weight is 351 g/mol. The predicted molar refractivity (Wildman–Crippen MR) is 102 cm³/mol. The molecule has 26 heavy (non-hydrogen) atoms. The second-order valence-corrected chi connectivity index (χ2v) is 5.82. The van der Waals surface area contributed by atoms with Gasteiger partial charge in [0.2, 0.25) is 0 Å². The molecular weight excluding hydrogens is 330 g/mol. The van der Waals surface area contributed by atoms with Gasteiger partial charge >= 0.3 is 6.09 Å². The van der Waals surface area contributed by atoms with E-state index in [1.807, 2.05) is 61.7 Å². The molecule has 0 unspecified atom stereocenters. The highest BCUT2D eigenvalue weighted by Crippen LogP contribution is 2.20. The first-order valence-electron chi connectivity index (χ1n) is 8.32. The molecule has 0 aliphatic carbocycles. The Morgan fingerprint density at radius 2 is 1.96 bits per heavy atom. The molecule has 0 bridgehead atoms. The van der Waals surface area contributed by atoms with Gasteiger partial charge in [-0.15, -0.1) is 0 Å². The summed E-state index contributed by atoms with van der Waals surface area (Å²) in [6.07, 6.45) is 3.00. The first kappa shape index (κ1) is 17.5. The van der Waals surface area contributed by atoms with Crippen LogP contribution in [0.5, 0.6) is 5.75 Å². The van der Waals surface area contributed by atoms with Crippen LogP contribution in [0.2, 0.25) is 0 Å². The van der Waals surface area contributed by atoms with Crippen LogP contribution in [0, 0.1) is 6.92 Å². The molecule has 0 atom stereocenters. The number of methoxy groups -OCH3 is 1. The smallest absolute Gasteiger partial charge is 0.427 e. The van der Waals surface area contributed by atoms with Crippen LogP contribution in [0.4, 0.5) is 4.79 Å². The van der Waals surface area contributed by atoms with Crippen LogP contribution in [0.1, 0.15) is 11.1 Å². The number of hydrogen-bond acceptors (Lipinski definition) is 4. The lowest BCUT2D eigenvalue weighted by Crippen LogP contribution is -2.16. The first-order valence-corrected chi connectivity index (χ1v) is 8.32. The van der Waals surface area contributed by atoms with Gasteiger partial charge in [-0.3, -0.25) is 0 Å². The molecule has 0 saturated carbocycles. The van der Waals surface area contributed by atoms with Crippen molar-refractivity contribution in [3.05, 3.63) is 65.9 Å². The van der Waals surface area contributed by atoms with E-state index in [0.29, 0.717) is 13.2 Å². The number of carbonyl (C=O) groups excluding carboxylic acids is 1. The molecule has 0 radical (unpaired) electrons. The summed E-state index contributed by atoms with van der Waals surface area (Å²) >= 11 is 0. The van der Waals surface area contributed by atoms with Gasteiger partial charge in [0, 0.05) is 22.7 Å². The largest absolute Gasteiger partial charge is 0.492 e. The van der Waals surface area contributed by atoms with E-state index in [1.54, 1.807) is 6.21 Å². The Morgan fingerprint density at radius 3 is 2.73 bits per heavy atom. The number of hydrogen-bond donors (Lipinski definition) is 1. The summed E-state index contributed by atoms with van der Waals surface area (Å²) in [7, 11) is 1.30. The number of carbonyl (C=O) groups is 1. The van der Waals surface area contributed by atoms with E-state index in [1.165, 1.54) is 12.7 Å². The van der Waals surface area contributed by atoms with Gasteiger partial charge in [0.25, 0.3) is 0 Å². The second kappa shape index (κ2) is 8.20. The van der Waals surface area contributed by atoms with Crippen molar-refractivity contribution in [1.29, 1.82) is 0 Å². The van der Waals surface area contributed by atoms with E-state index in [9.17, 15) is 4.79 Å². The third-order valence-electron chi connectivity index (χ3n) is 3.99. The Hall–Kier alpha value is -3.28. The monoisotopic (exact) mass is 351 g/mol. The zero-order valence-electron chi connectivity index (χ0n) is 14.8. The fourth-order valence-electron chi connectivity index (χ4n) is 2.66. The van der Waals surface area contributed by atoms with Crippen LogP contribution in [0.15, 0.2) is 59.8 Å². The second-order valence-electron chi connectivity index (χ2n) is 5.82. The van der Waals surface area contributed by atoms with Gasteiger partial charge in [0.05, 0.1) is 19.9 Å². The molecule has 6 nitrogen and oxygen atoms in total. The van der Waals surface area contributed by atoms with Crippen LogP contribution >= 0.6 is 0 Å². The Morgan fingerprint density at radius 1 is 1.19 bits per heavy atom. The van der Waals surface area contributed by atoms with Crippen molar-refractivity contribution in [1.82, 2.24) is 9.99 Å². The lowest BCUT2D eigenvalue weighted by atomic mass is 10.2. The maximum atomic E-state index is 11.1. The van der Waals surface area contributed by atoms with Crippen molar-refractivity contribution in [2.45, 2.75) is 13.5 Å². The fourth-order valence-corrected chi connectivity index (χ4v) is 2.66. The van der Waals surface area contributed by atoms with Gasteiger partial charge in [-0.2, -0.15) is 5.10 Å². The molecule has 0 fully saturated rings. The molecule has 0 aliphatic heterocycles. The minimum Gasteiger partial charge on any atom is -0.492 e. The number of amides is 1. The van der Waals surface area contributed by atoms with Crippen molar-refractivity contribution in [2.24, 2.45) is 5.10 Å². The molecule has 2 aromatic carbocycles. The number of ether oxygens (including phenoxy) is 2. The highest BCUT2D eigenvalue weighted by molar-refractivity contribution is 5.99. The number of benzene rings is 2. The summed E-state index contributed by atoms with van der Waals surface area (Å²) in [5.41, 5.74) is 5.50. The van der Waals surface area contributed by atoms with E-state index in [-0.39, 0.29) is 0 Å². The van der Waals surface area contributed by atoms with Crippen molar-refractivity contribution in [2.75, 3.05) is 13.7 Å². The SMILES string of the molecule is COC(=O)N/N=C/c1cn(CCOc2ccc(C)cc2)c2ccccc12. The van der Waals surface area contributed by atoms with Crippen LogP contribution < -0.4 is 10.2 Å². The van der Waals surface area contributed by atoms with Gasteiger partial charge in [-0.1, -0.05) is 35.9 Å². The maximum Gasteiger partial charge on any atom is 0.427 e. The summed E-state index contributed by atoms with van der Waals surface area (Å²) in [5, 5.41) is 4.97. The zero-order valence-corrected chi connectivity index (χ0v) is 14.8. The zero-order chi connectivity index (χ0) is 18.4. The molecule has 0 spiro atoms. The van der Waals surface area contributed by atoms with Gasteiger partial charge in [0.1, 0.15) is 12.4 Å². The Bertz CT molecular complexity index is 914. The van der Waals surface area contributed by atoms with E-state index in [0.717, 1.165) is 22.2 Å². The van der Waals surface area contributed by atoms with Crippen LogP contribution in [0.3, 0.4) is 0 Å². The van der Waals surface area contributed by atoms with Crippen LogP contribution in [-0.2, 0) is 11.3 Å². The molecule has 3 aromatic rings. The summed E-state index contributed by atoms with van der Waals surface area (Å²) in [4.78, 5) is 11.1. The van der Waals surface area contributed by atoms with Crippen molar-refractivity contribution < 1.29 is 14.3 Å². The van der Waals surface area contributed by atoms with E-state index in [4.69, 9.17) is 4.74 Å². The van der Waals surface area contributed by atoms with Gasteiger partial charge in [0.15, 0.2) is 0 Å². The predicted octanol–water partition coefficient (Wildman–Crippen LogP) is 3.72. The summed E-state index contributed by atoms with van der Waals surface area (Å²) < 4.78 is 12.4. The van der Waals surface area contributed by atoms with E-state index < -0.39 is 6.09 Å². The first-order chi connectivity index (χ1) is 12.7. The summed E-state index contributed by atoms with van der Waals surface area (Å²) in [5.74, 6) is 0.858. The van der Waals surface area contributed by atoms with Crippen molar-refractivity contribution >= 4 is 23.2 Å². The number of para-hydroxylation sites is 1. The minimum atomic E-state index is -0.600. The Kier molecular flexibility index (Phi) is 5.53. The van der Waals surface area contributed by atoms with Crippen molar-refractivity contribution in [3.8, 4) is 5.75 Å². The molecule has 3 rings (SSSR count). The standard InChI is InChI=1S/C20H21N3O3/c1-15-7-9-17(10-8-15)26-12-11-23-14-16(13-21-22-20(24)25-2)18-5-3-4-6-19(18)23/h3-10,13-14H,11-12H2,1-2H3,(H,22,24)/b21-13+. The maximum absolute atomic E-state index is 11.1. The van der Waals surface area contributed by atoms with Gasteiger partial charge in [-0.25, -0.2) is 10.2 Å². The number of aryl methyl sites for hydroxylation is 1. The average Bonchev–Trinajstić information content (AvgIpc) is 3.01. The Labute approximate surface area is 152 Å².